The molecule has 2 N–H and O–H groups in total. The Balaban J connectivity index is 0.00000529. The molecule has 1 unspecified atom stereocenters. The van der Waals surface area contributed by atoms with E-state index >= 15 is 0 Å². The number of carbonyl (C=O) groups is 1. The third-order valence-electron chi connectivity index (χ3n) is 3.32. The number of benzene rings is 1. The molecule has 7 nitrogen and oxygen atoms in total. The second-order valence-electron chi connectivity index (χ2n) is 4.94. The van der Waals surface area contributed by atoms with Crippen molar-refractivity contribution in [3.05, 3.63) is 28.7 Å². The van der Waals surface area contributed by atoms with E-state index in [1.165, 1.54) is 11.0 Å². The molecule has 24 heavy (non-hydrogen) atoms. The minimum atomic E-state index is -3.95. The lowest BCUT2D eigenvalue weighted by molar-refractivity contribution is 0.0713. The zero-order valence-corrected chi connectivity index (χ0v) is 17.0. The van der Waals surface area contributed by atoms with Crippen molar-refractivity contribution in [2.75, 3.05) is 20.1 Å². The number of likely N-dealkylation sites (N-methyl/N-ethyl adjacent to an activating group) is 1. The molecule has 0 bridgehead atoms. The molecule has 1 rings (SSSR count). The highest BCUT2D eigenvalue weighted by Gasteiger charge is 2.24. The van der Waals surface area contributed by atoms with Crippen molar-refractivity contribution in [3.8, 4) is 0 Å². The highest BCUT2D eigenvalue weighted by Crippen LogP contribution is 2.20. The van der Waals surface area contributed by atoms with Crippen molar-refractivity contribution >= 4 is 44.5 Å². The van der Waals surface area contributed by atoms with Crippen LogP contribution in [0.4, 0.5) is 4.79 Å². The van der Waals surface area contributed by atoms with Crippen LogP contribution in [0, 0.1) is 0 Å². The van der Waals surface area contributed by atoms with Crippen LogP contribution in [0.2, 0.25) is 0 Å². The van der Waals surface area contributed by atoms with Crippen molar-refractivity contribution < 1.29 is 18.0 Å². The van der Waals surface area contributed by atoms with E-state index in [0.717, 1.165) is 6.42 Å². The third-order valence-corrected chi connectivity index (χ3v) is 5.52. The average Bonchev–Trinajstić information content (AvgIpc) is 2.53. The van der Waals surface area contributed by atoms with E-state index < -0.39 is 16.1 Å². The highest BCUT2D eigenvalue weighted by atomic mass is 79.9. The Kier molecular flexibility index (Phi) is 10.5. The summed E-state index contributed by atoms with van der Waals surface area (Å²) >= 11 is 3.16. The number of hydrogen-bond donors (Lipinski definition) is 2. The van der Waals surface area contributed by atoms with Gasteiger partial charge in [-0.3, -0.25) is 0 Å². The number of sulfonamides is 1. The minimum Gasteiger partial charge on any atom is -0.338 e. The maximum absolute atomic E-state index is 12.2. The lowest BCUT2D eigenvalue weighted by Gasteiger charge is -2.27. The van der Waals surface area contributed by atoms with Crippen molar-refractivity contribution in [3.63, 3.8) is 0 Å². The maximum Gasteiger partial charge on any atom is 0.429 e. The van der Waals surface area contributed by atoms with Crippen LogP contribution in [0.1, 0.15) is 20.3 Å². The molecule has 10 heteroatoms. The first-order valence-electron chi connectivity index (χ1n) is 7.21. The van der Waals surface area contributed by atoms with Crippen LogP contribution in [-0.4, -0.2) is 45.6 Å². The van der Waals surface area contributed by atoms with Gasteiger partial charge < -0.3 is 15.1 Å². The van der Waals surface area contributed by atoms with E-state index in [1.54, 1.807) is 25.2 Å². The van der Waals surface area contributed by atoms with Crippen molar-refractivity contribution in [2.24, 2.45) is 0 Å². The summed E-state index contributed by atoms with van der Waals surface area (Å²) in [7, 11) is -2.18. The number of amides is 1. The summed E-state index contributed by atoms with van der Waals surface area (Å²) in [6.45, 7) is 4.81. The van der Waals surface area contributed by atoms with Gasteiger partial charge in [-0.05, 0) is 53.3 Å². The molecule has 0 heterocycles. The molecule has 1 atom stereocenters. The summed E-state index contributed by atoms with van der Waals surface area (Å²) in [5, 5.41) is 2.94. The predicted octanol–water partition coefficient (Wildman–Crippen LogP) is 2.52. The first-order chi connectivity index (χ1) is 10.8. The minimum absolute atomic E-state index is 0. The molecule has 0 aromatic heterocycles. The normalized spacial score (nSPS) is 12.2. The van der Waals surface area contributed by atoms with Gasteiger partial charge in [0.1, 0.15) is 0 Å². The Labute approximate surface area is 157 Å². The molecule has 0 fully saturated rings. The number of rotatable bonds is 8. The Morgan fingerprint density at radius 1 is 1.38 bits per heavy atom. The van der Waals surface area contributed by atoms with Gasteiger partial charge in [-0.15, -0.1) is 12.4 Å². The largest absolute Gasteiger partial charge is 0.429 e. The average molecular weight is 445 g/mol. The Morgan fingerprint density at radius 3 is 2.54 bits per heavy atom. The van der Waals surface area contributed by atoms with Gasteiger partial charge in [0.2, 0.25) is 0 Å². The quantitative estimate of drug-likeness (QED) is 0.602. The molecule has 0 radical (unpaired) electrons. The molecular weight excluding hydrogens is 422 g/mol. The fourth-order valence-corrected chi connectivity index (χ4v) is 3.58. The Hall–Kier alpha value is -0.870. The molecule has 0 aliphatic rings. The smallest absolute Gasteiger partial charge is 0.338 e. The van der Waals surface area contributed by atoms with E-state index in [2.05, 4.69) is 21.2 Å². The van der Waals surface area contributed by atoms with Gasteiger partial charge in [-0.1, -0.05) is 19.1 Å². The first-order valence-corrected chi connectivity index (χ1v) is 9.49. The van der Waals surface area contributed by atoms with Gasteiger partial charge in [0.05, 0.1) is 4.90 Å². The number of nitrogens with zero attached hydrogens (tertiary/aromatic N) is 1. The molecule has 0 saturated carbocycles. The summed E-state index contributed by atoms with van der Waals surface area (Å²) in [6, 6.07) is 6.21. The van der Waals surface area contributed by atoms with Crippen LogP contribution < -0.4 is 10.2 Å². The molecule has 0 spiro atoms. The third kappa shape index (κ3) is 6.56. The standard InChI is InChI=1S/C14H22BrN3O4S.ClH/c1-4-11(2)18(10-9-16-3)14(19)22-17-23(20,21)13-8-6-5-7-12(13)15;/h5-8,11,16-17H,4,9-10H2,1-3H3;1H. The fourth-order valence-electron chi connectivity index (χ4n) is 1.80. The summed E-state index contributed by atoms with van der Waals surface area (Å²) in [5.74, 6) is 0. The molecule has 0 aliphatic carbocycles. The van der Waals surface area contributed by atoms with Gasteiger partial charge in [-0.2, -0.15) is 0 Å². The number of halogens is 2. The molecule has 0 saturated heterocycles. The SMILES string of the molecule is CCC(C)N(CCNC)C(=O)ONS(=O)(=O)c1ccccc1Br.Cl. The molecule has 1 aromatic rings. The highest BCUT2D eigenvalue weighted by molar-refractivity contribution is 9.10. The molecule has 1 aromatic carbocycles. The lowest BCUT2D eigenvalue weighted by atomic mass is 10.2. The van der Waals surface area contributed by atoms with Crippen LogP contribution in [0.15, 0.2) is 33.6 Å². The van der Waals surface area contributed by atoms with E-state index in [9.17, 15) is 13.2 Å². The van der Waals surface area contributed by atoms with Crippen molar-refractivity contribution in [1.29, 1.82) is 0 Å². The van der Waals surface area contributed by atoms with Crippen LogP contribution in [-0.2, 0) is 14.9 Å². The van der Waals surface area contributed by atoms with Crippen LogP contribution in [0.25, 0.3) is 0 Å². The van der Waals surface area contributed by atoms with Crippen LogP contribution >= 0.6 is 28.3 Å². The van der Waals surface area contributed by atoms with Gasteiger partial charge in [-0.25, -0.2) is 13.2 Å². The van der Waals surface area contributed by atoms with E-state index in [-0.39, 0.29) is 23.3 Å². The summed E-state index contributed by atoms with van der Waals surface area (Å²) in [6.07, 6.45) is 0.000672. The monoisotopic (exact) mass is 443 g/mol. The van der Waals surface area contributed by atoms with E-state index in [4.69, 9.17) is 4.84 Å². The second-order valence-corrected chi connectivity index (χ2v) is 7.41. The molecule has 1 amide bonds. The lowest BCUT2D eigenvalue weighted by Crippen LogP contribution is -2.44. The van der Waals surface area contributed by atoms with Gasteiger partial charge in [0.25, 0.3) is 10.0 Å². The topological polar surface area (TPSA) is 87.7 Å². The number of carbonyl (C=O) groups excluding carboxylic acids is 1. The summed E-state index contributed by atoms with van der Waals surface area (Å²) < 4.78 is 24.8. The van der Waals surface area contributed by atoms with Crippen molar-refractivity contribution in [2.45, 2.75) is 31.2 Å². The van der Waals surface area contributed by atoms with Gasteiger partial charge >= 0.3 is 6.09 Å². The zero-order valence-electron chi connectivity index (χ0n) is 13.8. The number of hydrogen-bond acceptors (Lipinski definition) is 5. The van der Waals surface area contributed by atoms with E-state index in [0.29, 0.717) is 17.6 Å². The van der Waals surface area contributed by atoms with Gasteiger partial charge in [0.15, 0.2) is 0 Å². The van der Waals surface area contributed by atoms with E-state index in [1.807, 2.05) is 18.7 Å². The van der Waals surface area contributed by atoms with Gasteiger partial charge in [0, 0.05) is 23.6 Å². The molecule has 0 aliphatic heterocycles. The molecular formula is C14H23BrClN3O4S. The maximum atomic E-state index is 12.2. The number of nitrogens with one attached hydrogen (secondary N) is 2. The first kappa shape index (κ1) is 23.1. The Bertz CT molecular complexity index is 630. The van der Waals surface area contributed by atoms with Crippen molar-refractivity contribution in [1.82, 2.24) is 15.1 Å². The second kappa shape index (κ2) is 10.9. The van der Waals surface area contributed by atoms with Crippen LogP contribution in [0.5, 0.6) is 0 Å². The fraction of sp³-hybridized carbons (Fsp3) is 0.500. The zero-order chi connectivity index (χ0) is 17.5. The summed E-state index contributed by atoms with van der Waals surface area (Å²) in [4.78, 5) is 20.3. The van der Waals surface area contributed by atoms with Crippen LogP contribution in [0.3, 0.4) is 0 Å². The predicted molar refractivity (Wildman–Crippen MR) is 98.6 cm³/mol. The molecule has 138 valence electrons. The Morgan fingerprint density at radius 2 is 2.00 bits per heavy atom. The summed E-state index contributed by atoms with van der Waals surface area (Å²) in [5.41, 5.74) is 0.